The van der Waals surface area contributed by atoms with E-state index in [0.717, 1.165) is 30.4 Å². The first-order valence-corrected chi connectivity index (χ1v) is 4.80. The number of nitrogens with two attached hydrogens (primary N) is 1. The van der Waals surface area contributed by atoms with E-state index in [1.54, 1.807) is 0 Å². The summed E-state index contributed by atoms with van der Waals surface area (Å²) < 4.78 is 0. The smallest absolute Gasteiger partial charge is 0.0968 e. The van der Waals surface area contributed by atoms with Crippen LogP contribution < -0.4 is 5.73 Å². The molecule has 0 radical (unpaired) electrons. The Balaban J connectivity index is 2.59. The maximum atomic E-state index is 8.92. The van der Waals surface area contributed by atoms with Crippen molar-refractivity contribution in [3.63, 3.8) is 0 Å². The Morgan fingerprint density at radius 2 is 2.00 bits per heavy atom. The van der Waals surface area contributed by atoms with Gasteiger partial charge in [-0.05, 0) is 24.8 Å². The molecule has 0 amide bonds. The predicted octanol–water partition coefficient (Wildman–Crippen LogP) is 2.22. The van der Waals surface area contributed by atoms with Gasteiger partial charge in [-0.15, -0.1) is 0 Å². The molecular weight excluding hydrogens is 172 g/mol. The molecule has 0 heterocycles. The Kier molecular flexibility index (Phi) is 2.24. The van der Waals surface area contributed by atoms with Crippen LogP contribution >= 0.6 is 0 Å². The molecule has 2 heteroatoms. The van der Waals surface area contributed by atoms with Crippen LogP contribution in [-0.2, 0) is 6.42 Å². The molecule has 14 heavy (non-hydrogen) atoms. The molecule has 2 N–H and O–H groups in total. The molecule has 0 spiro atoms. The Labute approximate surface area is 83.7 Å². The van der Waals surface area contributed by atoms with Gasteiger partial charge in [0.05, 0.1) is 17.3 Å². The molecule has 70 valence electrons. The van der Waals surface area contributed by atoms with Crippen LogP contribution in [0, 0.1) is 11.3 Å². The molecule has 0 fully saturated rings. The normalized spacial score (nSPS) is 15.6. The van der Waals surface area contributed by atoms with Gasteiger partial charge in [-0.2, -0.15) is 5.26 Å². The van der Waals surface area contributed by atoms with Gasteiger partial charge in [-0.3, -0.25) is 0 Å². The number of allylic oxidation sites excluding steroid dienone is 1. The fourth-order valence-electron chi connectivity index (χ4n) is 1.87. The minimum atomic E-state index is 0.667. The highest BCUT2D eigenvalue weighted by Gasteiger charge is 2.13. The summed E-state index contributed by atoms with van der Waals surface area (Å²) in [6, 6.07) is 10.3. The first-order chi connectivity index (χ1) is 6.83. The largest absolute Gasteiger partial charge is 0.397 e. The SMILES string of the molecule is N#CC1=C(N)c2ccccc2CCC1. The molecule has 1 aliphatic rings. The van der Waals surface area contributed by atoms with Crippen molar-refractivity contribution in [3.8, 4) is 6.07 Å². The molecule has 0 unspecified atom stereocenters. The second-order valence-electron chi connectivity index (χ2n) is 3.51. The van der Waals surface area contributed by atoms with Crippen LogP contribution in [0.4, 0.5) is 0 Å². The molecule has 0 aromatic heterocycles. The summed E-state index contributed by atoms with van der Waals surface area (Å²) in [5.41, 5.74) is 9.66. The van der Waals surface area contributed by atoms with Crippen molar-refractivity contribution in [2.24, 2.45) is 5.73 Å². The van der Waals surface area contributed by atoms with Gasteiger partial charge in [0, 0.05) is 5.56 Å². The van der Waals surface area contributed by atoms with E-state index in [0.29, 0.717) is 5.70 Å². The van der Waals surface area contributed by atoms with Crippen molar-refractivity contribution >= 4 is 5.70 Å². The average molecular weight is 184 g/mol. The lowest BCUT2D eigenvalue weighted by molar-refractivity contribution is 0.836. The standard InChI is InChI=1S/C12H12N2/c13-8-10-6-3-5-9-4-1-2-7-11(9)12(10)14/h1-2,4,7H,3,5-6,14H2. The minimum Gasteiger partial charge on any atom is -0.397 e. The summed E-state index contributed by atoms with van der Waals surface area (Å²) in [5.74, 6) is 0. The number of fused-ring (bicyclic) bond motifs is 1. The third-order valence-corrected chi connectivity index (χ3v) is 2.64. The van der Waals surface area contributed by atoms with E-state index in [9.17, 15) is 0 Å². The highest BCUT2D eigenvalue weighted by atomic mass is 14.6. The fraction of sp³-hybridized carbons (Fsp3) is 0.250. The van der Waals surface area contributed by atoms with E-state index in [4.69, 9.17) is 11.0 Å². The van der Waals surface area contributed by atoms with Crippen LogP contribution in [0.15, 0.2) is 29.8 Å². The van der Waals surface area contributed by atoms with Gasteiger partial charge in [-0.1, -0.05) is 24.3 Å². The van der Waals surface area contributed by atoms with Crippen molar-refractivity contribution in [1.82, 2.24) is 0 Å². The highest BCUT2D eigenvalue weighted by Crippen LogP contribution is 2.26. The first kappa shape index (κ1) is 8.83. The molecule has 0 atom stereocenters. The molecule has 0 bridgehead atoms. The van der Waals surface area contributed by atoms with Crippen molar-refractivity contribution in [1.29, 1.82) is 5.26 Å². The second kappa shape index (κ2) is 3.55. The molecule has 0 saturated carbocycles. The summed E-state index contributed by atoms with van der Waals surface area (Å²) >= 11 is 0. The van der Waals surface area contributed by atoms with E-state index in [2.05, 4.69) is 12.1 Å². The number of benzene rings is 1. The third-order valence-electron chi connectivity index (χ3n) is 2.64. The predicted molar refractivity (Wildman–Crippen MR) is 56.1 cm³/mol. The van der Waals surface area contributed by atoms with E-state index in [-0.39, 0.29) is 0 Å². The van der Waals surface area contributed by atoms with Crippen molar-refractivity contribution in [2.75, 3.05) is 0 Å². The lowest BCUT2D eigenvalue weighted by atomic mass is 10.0. The monoisotopic (exact) mass is 184 g/mol. The number of rotatable bonds is 0. The van der Waals surface area contributed by atoms with Crippen LogP contribution in [0.5, 0.6) is 0 Å². The molecule has 2 nitrogen and oxygen atoms in total. The van der Waals surface area contributed by atoms with Crippen molar-refractivity contribution < 1.29 is 0 Å². The molecule has 1 aromatic rings. The van der Waals surface area contributed by atoms with Gasteiger partial charge in [-0.25, -0.2) is 0 Å². The summed E-state index contributed by atoms with van der Waals surface area (Å²) in [4.78, 5) is 0. The van der Waals surface area contributed by atoms with Gasteiger partial charge < -0.3 is 5.73 Å². The van der Waals surface area contributed by atoms with E-state index in [1.165, 1.54) is 5.56 Å². The number of hydrogen-bond donors (Lipinski definition) is 1. The fourth-order valence-corrected chi connectivity index (χ4v) is 1.87. The number of nitrogens with zero attached hydrogens (tertiary/aromatic N) is 1. The molecule has 2 rings (SSSR count). The van der Waals surface area contributed by atoms with Crippen molar-refractivity contribution in [2.45, 2.75) is 19.3 Å². The summed E-state index contributed by atoms with van der Waals surface area (Å²) in [6.07, 6.45) is 2.83. The van der Waals surface area contributed by atoms with Crippen LogP contribution in [0.1, 0.15) is 24.0 Å². The van der Waals surface area contributed by atoms with Crippen LogP contribution in [-0.4, -0.2) is 0 Å². The maximum absolute atomic E-state index is 8.92. The number of hydrogen-bond acceptors (Lipinski definition) is 2. The molecule has 0 aliphatic heterocycles. The van der Waals surface area contributed by atoms with Gasteiger partial charge in [0.2, 0.25) is 0 Å². The van der Waals surface area contributed by atoms with Gasteiger partial charge in [0.25, 0.3) is 0 Å². The molecule has 1 aromatic carbocycles. The van der Waals surface area contributed by atoms with E-state index >= 15 is 0 Å². The zero-order valence-corrected chi connectivity index (χ0v) is 7.96. The quantitative estimate of drug-likeness (QED) is 0.672. The van der Waals surface area contributed by atoms with E-state index in [1.807, 2.05) is 18.2 Å². The minimum absolute atomic E-state index is 0.667. The van der Waals surface area contributed by atoms with Crippen LogP contribution in [0.2, 0.25) is 0 Å². The van der Waals surface area contributed by atoms with Gasteiger partial charge >= 0.3 is 0 Å². The topological polar surface area (TPSA) is 49.8 Å². The Morgan fingerprint density at radius 1 is 1.21 bits per heavy atom. The summed E-state index contributed by atoms with van der Waals surface area (Å²) in [6.45, 7) is 0. The summed E-state index contributed by atoms with van der Waals surface area (Å²) in [5, 5.41) is 8.92. The molecule has 1 aliphatic carbocycles. The lowest BCUT2D eigenvalue weighted by Crippen LogP contribution is -2.01. The average Bonchev–Trinajstić information content (AvgIpc) is 2.39. The Bertz CT molecular complexity index is 424. The van der Waals surface area contributed by atoms with E-state index < -0.39 is 0 Å². The van der Waals surface area contributed by atoms with Crippen LogP contribution in [0.25, 0.3) is 5.70 Å². The Hall–Kier alpha value is -1.75. The zero-order chi connectivity index (χ0) is 9.97. The number of aryl methyl sites for hydroxylation is 1. The maximum Gasteiger partial charge on any atom is 0.0968 e. The number of nitriles is 1. The molecule has 0 saturated heterocycles. The third kappa shape index (κ3) is 1.38. The van der Waals surface area contributed by atoms with Crippen LogP contribution in [0.3, 0.4) is 0 Å². The van der Waals surface area contributed by atoms with Crippen molar-refractivity contribution in [3.05, 3.63) is 41.0 Å². The zero-order valence-electron chi connectivity index (χ0n) is 7.96. The van der Waals surface area contributed by atoms with Gasteiger partial charge in [0.1, 0.15) is 0 Å². The lowest BCUT2D eigenvalue weighted by Gasteiger charge is -2.05. The summed E-state index contributed by atoms with van der Waals surface area (Å²) in [7, 11) is 0. The Morgan fingerprint density at radius 3 is 2.79 bits per heavy atom. The first-order valence-electron chi connectivity index (χ1n) is 4.80. The molecular formula is C12H12N2. The van der Waals surface area contributed by atoms with Gasteiger partial charge in [0.15, 0.2) is 0 Å². The second-order valence-corrected chi connectivity index (χ2v) is 3.51. The highest BCUT2D eigenvalue weighted by molar-refractivity contribution is 5.72.